The van der Waals surface area contributed by atoms with E-state index in [9.17, 15) is 9.59 Å². The Kier molecular flexibility index (Phi) is 8.99. The number of benzene rings is 2. The Balaban J connectivity index is 2.15. The smallest absolute Gasteiger partial charge is 0.261 e. The zero-order valence-corrected chi connectivity index (χ0v) is 19.2. The molecule has 0 bridgehead atoms. The lowest BCUT2D eigenvalue weighted by Gasteiger charge is -2.30. The molecule has 2 rings (SSSR count). The van der Waals surface area contributed by atoms with Gasteiger partial charge in [0, 0.05) is 22.1 Å². The van der Waals surface area contributed by atoms with Crippen LogP contribution in [0.3, 0.4) is 0 Å². The third kappa shape index (κ3) is 7.05. The van der Waals surface area contributed by atoms with Crippen LogP contribution in [-0.2, 0) is 16.1 Å². The normalized spacial score (nSPS) is 12.7. The molecule has 0 saturated heterocycles. The topological polar surface area (TPSA) is 58.6 Å². The summed E-state index contributed by atoms with van der Waals surface area (Å²) in [5.41, 5.74) is 0.773. The number of amides is 2. The molecule has 0 aliphatic rings. The van der Waals surface area contributed by atoms with Crippen LogP contribution in [0.5, 0.6) is 5.75 Å². The van der Waals surface area contributed by atoms with E-state index in [1.807, 2.05) is 44.2 Å². The van der Waals surface area contributed by atoms with E-state index in [1.54, 1.807) is 25.1 Å². The van der Waals surface area contributed by atoms with Crippen LogP contribution in [0, 0.1) is 0 Å². The summed E-state index contributed by atoms with van der Waals surface area (Å²) >= 11 is 9.64. The lowest BCUT2D eigenvalue weighted by atomic mass is 10.1. The molecule has 0 aromatic heterocycles. The minimum atomic E-state index is -0.665. The average molecular weight is 482 g/mol. The van der Waals surface area contributed by atoms with Crippen molar-refractivity contribution in [2.75, 3.05) is 6.61 Å². The first-order valence-electron chi connectivity index (χ1n) is 9.53. The molecule has 2 aromatic carbocycles. The van der Waals surface area contributed by atoms with Crippen LogP contribution in [0.4, 0.5) is 0 Å². The molecule has 0 radical (unpaired) electrons. The monoisotopic (exact) mass is 480 g/mol. The molecule has 0 aliphatic heterocycles. The summed E-state index contributed by atoms with van der Waals surface area (Å²) < 4.78 is 6.55. The summed E-state index contributed by atoms with van der Waals surface area (Å²) in [5, 5.41) is 3.48. The molecular formula is C22H26BrClN2O3. The molecule has 7 heteroatoms. The second-order valence-corrected chi connectivity index (χ2v) is 8.17. The molecule has 29 heavy (non-hydrogen) atoms. The van der Waals surface area contributed by atoms with Crippen molar-refractivity contribution in [1.82, 2.24) is 10.2 Å². The van der Waals surface area contributed by atoms with Gasteiger partial charge < -0.3 is 15.0 Å². The van der Waals surface area contributed by atoms with Crippen LogP contribution < -0.4 is 10.1 Å². The molecular weight excluding hydrogens is 456 g/mol. The SMILES string of the molecule is CC[C@H](C)NC(=O)[C@@H](C)N(Cc1ccccc1Cl)C(=O)COc1ccc(Br)cc1. The van der Waals surface area contributed by atoms with Crippen LogP contribution in [0.15, 0.2) is 53.0 Å². The molecule has 2 amide bonds. The standard InChI is InChI=1S/C22H26BrClN2O3/c1-4-15(2)25-22(28)16(3)26(13-17-7-5-6-8-20(17)24)21(27)14-29-19-11-9-18(23)10-12-19/h5-12,15-16H,4,13-14H2,1-3H3,(H,25,28)/t15-,16+/m0/s1. The lowest BCUT2D eigenvalue weighted by molar-refractivity contribution is -0.142. The number of carbonyl (C=O) groups is 2. The first-order valence-corrected chi connectivity index (χ1v) is 10.7. The van der Waals surface area contributed by atoms with E-state index in [4.69, 9.17) is 16.3 Å². The van der Waals surface area contributed by atoms with Crippen molar-refractivity contribution in [2.24, 2.45) is 0 Å². The summed E-state index contributed by atoms with van der Waals surface area (Å²) in [6.45, 7) is 5.69. The molecule has 0 spiro atoms. The fraction of sp³-hybridized carbons (Fsp3) is 0.364. The van der Waals surface area contributed by atoms with Gasteiger partial charge >= 0.3 is 0 Å². The summed E-state index contributed by atoms with van der Waals surface area (Å²) in [6.07, 6.45) is 0.809. The number of nitrogens with one attached hydrogen (secondary N) is 1. The molecule has 156 valence electrons. The number of nitrogens with zero attached hydrogens (tertiary/aromatic N) is 1. The van der Waals surface area contributed by atoms with Crippen molar-refractivity contribution in [1.29, 1.82) is 0 Å². The molecule has 0 unspecified atom stereocenters. The van der Waals surface area contributed by atoms with Gasteiger partial charge in [-0.3, -0.25) is 9.59 Å². The Morgan fingerprint density at radius 2 is 1.79 bits per heavy atom. The van der Waals surface area contributed by atoms with Gasteiger partial charge in [0.1, 0.15) is 11.8 Å². The van der Waals surface area contributed by atoms with Crippen LogP contribution in [0.2, 0.25) is 5.02 Å². The Morgan fingerprint density at radius 1 is 1.14 bits per heavy atom. The minimum absolute atomic E-state index is 0.0289. The molecule has 5 nitrogen and oxygen atoms in total. The Bertz CT molecular complexity index is 829. The largest absolute Gasteiger partial charge is 0.484 e. The fourth-order valence-corrected chi connectivity index (χ4v) is 3.08. The zero-order valence-electron chi connectivity index (χ0n) is 16.8. The lowest BCUT2D eigenvalue weighted by Crippen LogP contribution is -2.50. The van der Waals surface area contributed by atoms with Crippen LogP contribution in [0.1, 0.15) is 32.8 Å². The van der Waals surface area contributed by atoms with E-state index in [0.717, 1.165) is 16.5 Å². The first-order chi connectivity index (χ1) is 13.8. The van der Waals surface area contributed by atoms with Gasteiger partial charge in [-0.05, 0) is 56.2 Å². The quantitative estimate of drug-likeness (QED) is 0.559. The van der Waals surface area contributed by atoms with Crippen molar-refractivity contribution < 1.29 is 14.3 Å². The summed E-state index contributed by atoms with van der Waals surface area (Å²) in [5.74, 6) is 0.0824. The average Bonchev–Trinajstić information content (AvgIpc) is 2.71. The van der Waals surface area contributed by atoms with Gasteiger partial charge in [0.15, 0.2) is 6.61 Å². The molecule has 0 heterocycles. The first kappa shape index (κ1) is 23.2. The molecule has 0 saturated carbocycles. The maximum absolute atomic E-state index is 13.0. The summed E-state index contributed by atoms with van der Waals surface area (Å²) in [7, 11) is 0. The highest BCUT2D eigenvalue weighted by Gasteiger charge is 2.27. The van der Waals surface area contributed by atoms with E-state index in [2.05, 4.69) is 21.2 Å². The maximum atomic E-state index is 13.0. The van der Waals surface area contributed by atoms with Gasteiger partial charge in [-0.1, -0.05) is 52.7 Å². The predicted molar refractivity (Wildman–Crippen MR) is 119 cm³/mol. The molecule has 0 aliphatic carbocycles. The van der Waals surface area contributed by atoms with E-state index in [1.165, 1.54) is 4.90 Å². The number of carbonyl (C=O) groups excluding carboxylic acids is 2. The number of hydrogen-bond donors (Lipinski definition) is 1. The number of hydrogen-bond acceptors (Lipinski definition) is 3. The Hall–Kier alpha value is -2.05. The van der Waals surface area contributed by atoms with Gasteiger partial charge in [0.2, 0.25) is 5.91 Å². The van der Waals surface area contributed by atoms with E-state index in [-0.39, 0.29) is 31.0 Å². The third-order valence-corrected chi connectivity index (χ3v) is 5.54. The van der Waals surface area contributed by atoms with Gasteiger partial charge in [0.05, 0.1) is 0 Å². The van der Waals surface area contributed by atoms with Crippen LogP contribution in [-0.4, -0.2) is 35.4 Å². The minimum Gasteiger partial charge on any atom is -0.484 e. The molecule has 0 fully saturated rings. The molecule has 1 N–H and O–H groups in total. The zero-order chi connectivity index (χ0) is 21.4. The fourth-order valence-electron chi connectivity index (χ4n) is 2.62. The van der Waals surface area contributed by atoms with E-state index >= 15 is 0 Å². The van der Waals surface area contributed by atoms with Crippen molar-refractivity contribution in [3.63, 3.8) is 0 Å². The van der Waals surface area contributed by atoms with E-state index < -0.39 is 6.04 Å². The summed E-state index contributed by atoms with van der Waals surface area (Å²) in [6, 6.07) is 13.9. The predicted octanol–water partition coefficient (Wildman–Crippen LogP) is 4.81. The van der Waals surface area contributed by atoms with Gasteiger partial charge in [0.25, 0.3) is 5.91 Å². The van der Waals surface area contributed by atoms with Crippen molar-refractivity contribution in [2.45, 2.75) is 45.8 Å². The maximum Gasteiger partial charge on any atom is 0.261 e. The number of halogens is 2. The molecule has 2 aromatic rings. The Morgan fingerprint density at radius 3 is 2.41 bits per heavy atom. The van der Waals surface area contributed by atoms with Crippen LogP contribution in [0.25, 0.3) is 0 Å². The van der Waals surface area contributed by atoms with Gasteiger partial charge in [-0.2, -0.15) is 0 Å². The van der Waals surface area contributed by atoms with Gasteiger partial charge in [-0.15, -0.1) is 0 Å². The highest BCUT2D eigenvalue weighted by atomic mass is 79.9. The highest BCUT2D eigenvalue weighted by Crippen LogP contribution is 2.20. The van der Waals surface area contributed by atoms with Crippen molar-refractivity contribution >= 4 is 39.3 Å². The second kappa shape index (κ2) is 11.2. The van der Waals surface area contributed by atoms with Crippen LogP contribution >= 0.6 is 27.5 Å². The highest BCUT2D eigenvalue weighted by molar-refractivity contribution is 9.10. The third-order valence-electron chi connectivity index (χ3n) is 4.64. The number of ether oxygens (including phenoxy) is 1. The Labute approximate surface area is 185 Å². The van der Waals surface area contributed by atoms with Crippen molar-refractivity contribution in [3.8, 4) is 5.75 Å². The summed E-state index contributed by atoms with van der Waals surface area (Å²) in [4.78, 5) is 27.1. The van der Waals surface area contributed by atoms with E-state index in [0.29, 0.717) is 10.8 Å². The number of rotatable bonds is 9. The molecule has 2 atom stereocenters. The van der Waals surface area contributed by atoms with Crippen molar-refractivity contribution in [3.05, 3.63) is 63.6 Å². The van der Waals surface area contributed by atoms with Gasteiger partial charge in [-0.25, -0.2) is 0 Å². The second-order valence-electron chi connectivity index (χ2n) is 6.85.